The molecule has 0 aromatic rings. The zero-order valence-electron chi connectivity index (χ0n) is 35.4. The minimum atomic E-state index is -0.660. The highest BCUT2D eigenvalue weighted by Crippen LogP contribution is 2.18. The van der Waals surface area contributed by atoms with Gasteiger partial charge in [-0.05, 0) is 70.6 Å². The summed E-state index contributed by atoms with van der Waals surface area (Å²) < 4.78 is 21.9. The van der Waals surface area contributed by atoms with Gasteiger partial charge >= 0.3 is 18.1 Å². The first-order valence-electron chi connectivity index (χ1n) is 22.8. The standard InChI is InChI=1S/C46H86O7/c1-5-9-12-15-18-19-20-21-22-23-24-25-26-27-30-33-39-50-46(49)52-41-42(8-4)40-51-44(47)37-34-38-45(48)53-43(35-31-28-16-13-10-6-2)36-32-29-17-14-11-7-3/h21-22,42-43H,5-20,23-41H2,1-4H3/b22-21-. The Bertz CT molecular complexity index is 826. The second-order valence-corrected chi connectivity index (χ2v) is 15.4. The van der Waals surface area contributed by atoms with Crippen molar-refractivity contribution < 1.29 is 33.3 Å². The molecule has 0 rings (SSSR count). The Morgan fingerprint density at radius 3 is 1.40 bits per heavy atom. The zero-order valence-corrected chi connectivity index (χ0v) is 35.4. The Balaban J connectivity index is 3.99. The first kappa shape index (κ1) is 51.0. The van der Waals surface area contributed by atoms with Gasteiger partial charge in [0.15, 0.2) is 0 Å². The highest BCUT2D eigenvalue weighted by Gasteiger charge is 2.17. The lowest BCUT2D eigenvalue weighted by Gasteiger charge is -2.18. The lowest BCUT2D eigenvalue weighted by molar-refractivity contribution is -0.150. The van der Waals surface area contributed by atoms with Crippen LogP contribution in [0.5, 0.6) is 0 Å². The molecule has 0 aliphatic carbocycles. The van der Waals surface area contributed by atoms with E-state index in [1.807, 2.05) is 6.92 Å². The number of carbonyl (C=O) groups is 3. The first-order valence-corrected chi connectivity index (χ1v) is 22.8. The van der Waals surface area contributed by atoms with E-state index in [1.54, 1.807) is 0 Å². The molecule has 53 heavy (non-hydrogen) atoms. The Morgan fingerprint density at radius 1 is 0.453 bits per heavy atom. The van der Waals surface area contributed by atoms with E-state index in [2.05, 4.69) is 32.9 Å². The number of allylic oxidation sites excluding steroid dienone is 2. The van der Waals surface area contributed by atoms with Crippen molar-refractivity contribution in [2.24, 2.45) is 5.92 Å². The van der Waals surface area contributed by atoms with Crippen LogP contribution in [-0.2, 0) is 28.5 Å². The summed E-state index contributed by atoms with van der Waals surface area (Å²) in [5.41, 5.74) is 0. The number of hydrogen-bond donors (Lipinski definition) is 0. The van der Waals surface area contributed by atoms with Gasteiger partial charge in [0.25, 0.3) is 0 Å². The van der Waals surface area contributed by atoms with Crippen LogP contribution in [0.2, 0.25) is 0 Å². The molecule has 0 aliphatic heterocycles. The van der Waals surface area contributed by atoms with Crippen molar-refractivity contribution in [3.8, 4) is 0 Å². The van der Waals surface area contributed by atoms with E-state index in [0.29, 0.717) is 19.4 Å². The van der Waals surface area contributed by atoms with Crippen LogP contribution in [0, 0.1) is 5.92 Å². The van der Waals surface area contributed by atoms with E-state index in [-0.39, 0.29) is 50.0 Å². The molecule has 0 amide bonds. The maximum Gasteiger partial charge on any atom is 0.508 e. The first-order chi connectivity index (χ1) is 26.0. The predicted molar refractivity (Wildman–Crippen MR) is 221 cm³/mol. The van der Waals surface area contributed by atoms with Gasteiger partial charge in [0.05, 0.1) is 13.2 Å². The van der Waals surface area contributed by atoms with Gasteiger partial charge in [-0.15, -0.1) is 0 Å². The van der Waals surface area contributed by atoms with Crippen LogP contribution in [0.3, 0.4) is 0 Å². The minimum absolute atomic E-state index is 0.0178. The molecule has 312 valence electrons. The van der Waals surface area contributed by atoms with Gasteiger partial charge in [0, 0.05) is 18.8 Å². The van der Waals surface area contributed by atoms with Gasteiger partial charge in [-0.2, -0.15) is 0 Å². The molecule has 0 saturated heterocycles. The topological polar surface area (TPSA) is 88.1 Å². The average Bonchev–Trinajstić information content (AvgIpc) is 3.15. The van der Waals surface area contributed by atoms with E-state index >= 15 is 0 Å². The summed E-state index contributed by atoms with van der Waals surface area (Å²) in [7, 11) is 0. The van der Waals surface area contributed by atoms with Crippen LogP contribution in [0.15, 0.2) is 12.2 Å². The number of esters is 2. The van der Waals surface area contributed by atoms with Crippen molar-refractivity contribution in [3.05, 3.63) is 12.2 Å². The molecule has 0 bridgehead atoms. The molecular weight excluding hydrogens is 664 g/mol. The van der Waals surface area contributed by atoms with E-state index in [4.69, 9.17) is 18.9 Å². The number of unbranched alkanes of at least 4 members (excludes halogenated alkanes) is 22. The Hall–Kier alpha value is -2.05. The molecule has 1 atom stereocenters. The number of rotatable bonds is 40. The second kappa shape index (κ2) is 41.1. The van der Waals surface area contributed by atoms with Gasteiger partial charge in [-0.1, -0.05) is 162 Å². The molecule has 0 heterocycles. The van der Waals surface area contributed by atoms with Crippen molar-refractivity contribution in [1.82, 2.24) is 0 Å². The fourth-order valence-corrected chi connectivity index (χ4v) is 6.49. The molecule has 0 N–H and O–H groups in total. The lowest BCUT2D eigenvalue weighted by Crippen LogP contribution is -2.21. The molecule has 0 aromatic heterocycles. The average molecular weight is 751 g/mol. The number of hydrogen-bond acceptors (Lipinski definition) is 7. The van der Waals surface area contributed by atoms with Crippen LogP contribution in [0.4, 0.5) is 4.79 Å². The quantitative estimate of drug-likeness (QED) is 0.0267. The summed E-state index contributed by atoms with van der Waals surface area (Å²) in [6.07, 6.45) is 39.4. The van der Waals surface area contributed by atoms with Gasteiger partial charge in [-0.25, -0.2) is 4.79 Å². The van der Waals surface area contributed by atoms with E-state index in [0.717, 1.165) is 44.9 Å². The lowest BCUT2D eigenvalue weighted by atomic mass is 10.0. The summed E-state index contributed by atoms with van der Waals surface area (Å²) in [5.74, 6) is -0.642. The highest BCUT2D eigenvalue weighted by atomic mass is 16.7. The monoisotopic (exact) mass is 751 g/mol. The third-order valence-corrected chi connectivity index (χ3v) is 10.2. The zero-order chi connectivity index (χ0) is 38.9. The van der Waals surface area contributed by atoms with Crippen LogP contribution < -0.4 is 0 Å². The Kier molecular flexibility index (Phi) is 39.5. The summed E-state index contributed by atoms with van der Waals surface area (Å²) in [4.78, 5) is 37.1. The van der Waals surface area contributed by atoms with Crippen molar-refractivity contribution in [3.63, 3.8) is 0 Å². The predicted octanol–water partition coefficient (Wildman–Crippen LogP) is 14.3. The summed E-state index contributed by atoms with van der Waals surface area (Å²) >= 11 is 0. The molecule has 0 radical (unpaired) electrons. The van der Waals surface area contributed by atoms with E-state index in [1.165, 1.54) is 135 Å². The number of ether oxygens (including phenoxy) is 4. The maximum atomic E-state index is 12.6. The van der Waals surface area contributed by atoms with Crippen LogP contribution in [0.1, 0.15) is 233 Å². The molecule has 0 aliphatic rings. The fraction of sp³-hybridized carbons (Fsp3) is 0.891. The van der Waals surface area contributed by atoms with Crippen molar-refractivity contribution in [1.29, 1.82) is 0 Å². The van der Waals surface area contributed by atoms with Crippen molar-refractivity contribution >= 4 is 18.1 Å². The molecular formula is C46H86O7. The molecule has 0 aromatic carbocycles. The van der Waals surface area contributed by atoms with Gasteiger partial charge < -0.3 is 18.9 Å². The van der Waals surface area contributed by atoms with Gasteiger partial charge in [0.2, 0.25) is 0 Å². The van der Waals surface area contributed by atoms with E-state index in [9.17, 15) is 14.4 Å². The summed E-state index contributed by atoms with van der Waals surface area (Å²) in [6.45, 7) is 9.40. The number of carbonyl (C=O) groups excluding carboxylic acids is 3. The largest absolute Gasteiger partial charge is 0.508 e. The SMILES string of the molecule is CCCCCCCC/C=C\CCCCCCCCOC(=O)OCC(CC)COC(=O)CCCC(=O)OC(CCCCCCCC)CCCCCCCC. The maximum absolute atomic E-state index is 12.6. The van der Waals surface area contributed by atoms with Crippen molar-refractivity contribution in [2.75, 3.05) is 19.8 Å². The smallest absolute Gasteiger partial charge is 0.465 e. The summed E-state index contributed by atoms with van der Waals surface area (Å²) in [5, 5.41) is 0. The Labute approximate surface area is 327 Å². The molecule has 0 fully saturated rings. The van der Waals surface area contributed by atoms with Crippen LogP contribution >= 0.6 is 0 Å². The molecule has 0 spiro atoms. The molecule has 7 heteroatoms. The molecule has 7 nitrogen and oxygen atoms in total. The fourth-order valence-electron chi connectivity index (χ4n) is 6.49. The Morgan fingerprint density at radius 2 is 0.887 bits per heavy atom. The van der Waals surface area contributed by atoms with Gasteiger partial charge in [0.1, 0.15) is 12.7 Å². The van der Waals surface area contributed by atoms with Crippen molar-refractivity contribution in [2.45, 2.75) is 239 Å². The molecule has 1 unspecified atom stereocenters. The normalized spacial score (nSPS) is 12.0. The van der Waals surface area contributed by atoms with Crippen LogP contribution in [-0.4, -0.2) is 44.0 Å². The third kappa shape index (κ3) is 38.0. The summed E-state index contributed by atoms with van der Waals surface area (Å²) in [6, 6.07) is 0. The van der Waals surface area contributed by atoms with E-state index < -0.39 is 6.16 Å². The third-order valence-electron chi connectivity index (χ3n) is 10.2. The highest BCUT2D eigenvalue weighted by molar-refractivity contribution is 5.72. The minimum Gasteiger partial charge on any atom is -0.465 e. The van der Waals surface area contributed by atoms with Gasteiger partial charge in [-0.3, -0.25) is 9.59 Å². The second-order valence-electron chi connectivity index (χ2n) is 15.4. The molecule has 0 saturated carbocycles. The van der Waals surface area contributed by atoms with Crippen LogP contribution in [0.25, 0.3) is 0 Å².